The van der Waals surface area contributed by atoms with Gasteiger partial charge in [-0.25, -0.2) is 0 Å². The molecule has 0 aliphatic carbocycles. The van der Waals surface area contributed by atoms with E-state index in [0.717, 1.165) is 32.3 Å². The van der Waals surface area contributed by atoms with Crippen molar-refractivity contribution in [1.29, 1.82) is 0 Å². The van der Waals surface area contributed by atoms with Crippen LogP contribution in [0.5, 0.6) is 0 Å². The third kappa shape index (κ3) is 8.02. The van der Waals surface area contributed by atoms with Crippen LogP contribution in [0.15, 0.2) is 66.7 Å². The topological polar surface area (TPSA) is 36.9 Å². The molecule has 1 fully saturated rings. The fourth-order valence-electron chi connectivity index (χ4n) is 7.10. The molecule has 2 heterocycles. The minimum atomic E-state index is -2.04. The molecule has 43 heavy (non-hydrogen) atoms. The summed E-state index contributed by atoms with van der Waals surface area (Å²) in [4.78, 5) is 1.08. The average Bonchev–Trinajstić information content (AvgIpc) is 3.36. The molecular weight excluding hydrogens is 592 g/mol. The van der Waals surface area contributed by atoms with Gasteiger partial charge in [-0.3, -0.25) is 0 Å². The Morgan fingerprint density at radius 3 is 1.79 bits per heavy atom. The highest BCUT2D eigenvalue weighted by atomic mass is 35.5. The molecule has 0 radical (unpaired) electrons. The first-order valence-electron chi connectivity index (χ1n) is 16.0. The standard InChI is InChI=1S/C36H51ClO4SSi/c1-9-31-27(8)33(38-21-28-16-12-10-13-17-28)35(39-22-29-18-14-11-15-19-29)34(41-31)32-20-30(36(37)42-32)23-40-43(24(2)3,25(4)5)26(6)7/h10-20,24-27,31,33-35H,9,21-23H2,1-8H3/t27-,31-,33+,34?,35-/m1/s1. The Labute approximate surface area is 270 Å². The number of thiophene rings is 1. The van der Waals surface area contributed by atoms with Gasteiger partial charge in [-0.2, -0.15) is 0 Å². The van der Waals surface area contributed by atoms with E-state index in [1.807, 2.05) is 24.3 Å². The van der Waals surface area contributed by atoms with E-state index in [9.17, 15) is 0 Å². The predicted molar refractivity (Wildman–Crippen MR) is 182 cm³/mol. The van der Waals surface area contributed by atoms with Gasteiger partial charge in [0.2, 0.25) is 8.32 Å². The Morgan fingerprint density at radius 2 is 1.30 bits per heavy atom. The molecule has 0 N–H and O–H groups in total. The van der Waals surface area contributed by atoms with Crippen LogP contribution >= 0.6 is 22.9 Å². The van der Waals surface area contributed by atoms with E-state index in [4.69, 9.17) is 30.2 Å². The first-order valence-corrected chi connectivity index (χ1v) is 19.3. The van der Waals surface area contributed by atoms with Gasteiger partial charge in [0.25, 0.3) is 0 Å². The molecule has 1 saturated heterocycles. The second-order valence-electron chi connectivity index (χ2n) is 12.9. The molecule has 1 aliphatic heterocycles. The van der Waals surface area contributed by atoms with Gasteiger partial charge < -0.3 is 18.6 Å². The van der Waals surface area contributed by atoms with Crippen molar-refractivity contribution in [2.75, 3.05) is 0 Å². The largest absolute Gasteiger partial charge is 0.412 e. The van der Waals surface area contributed by atoms with E-state index >= 15 is 0 Å². The second kappa shape index (κ2) is 15.7. The van der Waals surface area contributed by atoms with Crippen molar-refractivity contribution < 1.29 is 18.6 Å². The monoisotopic (exact) mass is 642 g/mol. The second-order valence-corrected chi connectivity index (χ2v) is 20.1. The fraction of sp³-hybridized carbons (Fsp3) is 0.556. The van der Waals surface area contributed by atoms with Crippen molar-refractivity contribution in [3.8, 4) is 0 Å². The summed E-state index contributed by atoms with van der Waals surface area (Å²) in [6.07, 6.45) is 0.223. The summed E-state index contributed by atoms with van der Waals surface area (Å²) in [6, 6.07) is 22.9. The smallest absolute Gasteiger partial charge is 0.200 e. The molecule has 7 heteroatoms. The van der Waals surface area contributed by atoms with Gasteiger partial charge in [0.05, 0.1) is 36.4 Å². The molecular formula is C36H51ClO4SSi. The van der Waals surface area contributed by atoms with E-state index in [2.05, 4.69) is 97.9 Å². The summed E-state index contributed by atoms with van der Waals surface area (Å²) < 4.78 is 28.0. The van der Waals surface area contributed by atoms with Gasteiger partial charge in [-0.15, -0.1) is 11.3 Å². The van der Waals surface area contributed by atoms with Gasteiger partial charge in [0.1, 0.15) is 12.2 Å². The first kappa shape index (κ1) is 34.4. The highest BCUT2D eigenvalue weighted by molar-refractivity contribution is 7.16. The minimum Gasteiger partial charge on any atom is -0.412 e. The molecule has 4 rings (SSSR count). The zero-order chi connectivity index (χ0) is 31.1. The molecule has 0 saturated carbocycles. The van der Waals surface area contributed by atoms with Crippen LogP contribution in [0.4, 0.5) is 0 Å². The van der Waals surface area contributed by atoms with Crippen LogP contribution in [0, 0.1) is 5.92 Å². The van der Waals surface area contributed by atoms with Gasteiger partial charge in [-0.1, -0.05) is 128 Å². The molecule has 4 nitrogen and oxygen atoms in total. The molecule has 3 aromatic rings. The van der Waals surface area contributed by atoms with Gasteiger partial charge in [0, 0.05) is 16.4 Å². The molecule has 1 aromatic heterocycles. The summed E-state index contributed by atoms with van der Waals surface area (Å²) in [7, 11) is -2.04. The van der Waals surface area contributed by atoms with E-state index in [1.165, 1.54) is 0 Å². The Kier molecular flexibility index (Phi) is 12.5. The lowest BCUT2D eigenvalue weighted by molar-refractivity contribution is -0.234. The van der Waals surface area contributed by atoms with Crippen LogP contribution in [0.1, 0.15) is 89.5 Å². The lowest BCUT2D eigenvalue weighted by Crippen LogP contribution is -2.51. The molecule has 0 amide bonds. The van der Waals surface area contributed by atoms with E-state index in [0.29, 0.717) is 36.4 Å². The van der Waals surface area contributed by atoms with Crippen molar-refractivity contribution in [3.63, 3.8) is 0 Å². The number of benzene rings is 2. The highest BCUT2D eigenvalue weighted by Gasteiger charge is 2.47. The maximum absolute atomic E-state index is 6.96. The molecule has 0 spiro atoms. The summed E-state index contributed by atoms with van der Waals surface area (Å²) in [5.74, 6) is 0.165. The van der Waals surface area contributed by atoms with Crippen LogP contribution in [0.25, 0.3) is 0 Å². The lowest BCUT2D eigenvalue weighted by Gasteiger charge is -2.45. The van der Waals surface area contributed by atoms with E-state index in [-0.39, 0.29) is 30.3 Å². The Hall–Kier alpha value is -1.51. The predicted octanol–water partition coefficient (Wildman–Crippen LogP) is 10.8. The lowest BCUT2D eigenvalue weighted by atomic mass is 9.86. The molecule has 2 aromatic carbocycles. The highest BCUT2D eigenvalue weighted by Crippen LogP contribution is 2.46. The SMILES string of the molecule is CC[C@H]1OC(c2cc(CO[Si](C(C)C)(C(C)C)C(C)C)c(Cl)s2)[C@H](OCc2ccccc2)[C@@H](OCc2ccccc2)[C@@H]1C. The average molecular weight is 643 g/mol. The Balaban J connectivity index is 1.64. The van der Waals surface area contributed by atoms with Crippen molar-refractivity contribution in [2.45, 2.75) is 123 Å². The third-order valence-corrected chi connectivity index (χ3v) is 16.8. The van der Waals surface area contributed by atoms with Gasteiger partial charge in [0.15, 0.2) is 0 Å². The molecule has 1 aliphatic rings. The van der Waals surface area contributed by atoms with Crippen LogP contribution in [0.2, 0.25) is 21.0 Å². The molecule has 5 atom stereocenters. The zero-order valence-electron chi connectivity index (χ0n) is 27.2. The summed E-state index contributed by atoms with van der Waals surface area (Å²) in [6.45, 7) is 19.9. The van der Waals surface area contributed by atoms with Crippen LogP contribution in [-0.2, 0) is 38.5 Å². The number of ether oxygens (including phenoxy) is 3. The normalized spacial score (nSPS) is 23.0. The number of hydrogen-bond acceptors (Lipinski definition) is 5. The van der Waals surface area contributed by atoms with E-state index < -0.39 is 8.32 Å². The quantitative estimate of drug-likeness (QED) is 0.164. The summed E-state index contributed by atoms with van der Waals surface area (Å²) >= 11 is 8.55. The molecule has 1 unspecified atom stereocenters. The molecule has 0 bridgehead atoms. The number of rotatable bonds is 14. The van der Waals surface area contributed by atoms with Crippen molar-refractivity contribution in [3.05, 3.63) is 92.6 Å². The van der Waals surface area contributed by atoms with Crippen molar-refractivity contribution in [1.82, 2.24) is 0 Å². The van der Waals surface area contributed by atoms with Gasteiger partial charge >= 0.3 is 0 Å². The van der Waals surface area contributed by atoms with Crippen LogP contribution in [-0.4, -0.2) is 26.6 Å². The van der Waals surface area contributed by atoms with Crippen molar-refractivity contribution >= 4 is 31.3 Å². The van der Waals surface area contributed by atoms with Crippen molar-refractivity contribution in [2.24, 2.45) is 5.92 Å². The maximum atomic E-state index is 6.96. The summed E-state index contributed by atoms with van der Waals surface area (Å²) in [5, 5.41) is 0. The Bertz CT molecular complexity index is 1230. The maximum Gasteiger partial charge on any atom is 0.200 e. The summed E-state index contributed by atoms with van der Waals surface area (Å²) in [5.41, 5.74) is 4.85. The van der Waals surface area contributed by atoms with Crippen LogP contribution in [0.3, 0.4) is 0 Å². The minimum absolute atomic E-state index is 0.0470. The third-order valence-electron chi connectivity index (χ3n) is 9.26. The number of halogens is 1. The van der Waals surface area contributed by atoms with Gasteiger partial charge in [-0.05, 0) is 40.2 Å². The fourth-order valence-corrected chi connectivity index (χ4v) is 13.8. The van der Waals surface area contributed by atoms with Crippen LogP contribution < -0.4 is 0 Å². The number of hydrogen-bond donors (Lipinski definition) is 0. The molecule has 236 valence electrons. The first-order chi connectivity index (χ1) is 20.6. The zero-order valence-corrected chi connectivity index (χ0v) is 29.8. The Morgan fingerprint density at radius 1 is 0.791 bits per heavy atom. The van der Waals surface area contributed by atoms with E-state index in [1.54, 1.807) is 11.3 Å².